The van der Waals surface area contributed by atoms with Gasteiger partial charge in [-0.05, 0) is 11.8 Å². The summed E-state index contributed by atoms with van der Waals surface area (Å²) in [5, 5.41) is 14.7. The van der Waals surface area contributed by atoms with E-state index in [0.29, 0.717) is 17.6 Å². The molecule has 1 rings (SSSR count). The number of aromatic hydroxyl groups is 1. The first kappa shape index (κ1) is 13.1. The second-order valence-corrected chi connectivity index (χ2v) is 5.50. The minimum absolute atomic E-state index is 0.269. The van der Waals surface area contributed by atoms with Crippen molar-refractivity contribution >= 4 is 0 Å². The average Bonchev–Trinajstić information content (AvgIpc) is 2.41. The summed E-state index contributed by atoms with van der Waals surface area (Å²) in [7, 11) is 0. The van der Waals surface area contributed by atoms with Crippen molar-refractivity contribution in [2.75, 3.05) is 0 Å². The van der Waals surface area contributed by atoms with Gasteiger partial charge in [0.2, 0.25) is 0 Å². The normalized spacial score (nSPS) is 12.1. The highest BCUT2D eigenvalue weighted by Gasteiger charge is 2.21. The van der Waals surface area contributed by atoms with Gasteiger partial charge in [0, 0.05) is 12.5 Å². The average molecular weight is 224 g/mol. The zero-order chi connectivity index (χ0) is 12.5. The Hall–Kier alpha value is -0.990. The molecule has 0 bridgehead atoms. The van der Waals surface area contributed by atoms with Crippen LogP contribution in [0.25, 0.3) is 0 Å². The van der Waals surface area contributed by atoms with Crippen LogP contribution in [0.15, 0.2) is 0 Å². The summed E-state index contributed by atoms with van der Waals surface area (Å²) in [6.45, 7) is 13.5. The molecule has 0 fully saturated rings. The maximum Gasteiger partial charge on any atom is 0.160 e. The SMILES string of the molecule is CC(C)Cn1nc(C(C)C)c(O)c1C(C)C. The van der Waals surface area contributed by atoms with E-state index >= 15 is 0 Å². The van der Waals surface area contributed by atoms with Crippen molar-refractivity contribution in [2.45, 2.75) is 59.9 Å². The summed E-state index contributed by atoms with van der Waals surface area (Å²) < 4.78 is 1.97. The molecular formula is C13H24N2O. The zero-order valence-corrected chi connectivity index (χ0v) is 11.3. The van der Waals surface area contributed by atoms with Gasteiger partial charge in [-0.3, -0.25) is 4.68 Å². The lowest BCUT2D eigenvalue weighted by molar-refractivity contribution is 0.435. The predicted molar refractivity (Wildman–Crippen MR) is 66.9 cm³/mol. The standard InChI is InChI=1S/C13H24N2O/c1-8(2)7-15-12(10(5)6)13(16)11(14-15)9(3)4/h8-10,16H,7H2,1-6H3. The largest absolute Gasteiger partial charge is 0.504 e. The van der Waals surface area contributed by atoms with Crippen LogP contribution in [0.4, 0.5) is 0 Å². The molecule has 0 saturated carbocycles. The highest BCUT2D eigenvalue weighted by atomic mass is 16.3. The molecular weight excluding hydrogens is 200 g/mol. The van der Waals surface area contributed by atoms with Gasteiger partial charge in [0.1, 0.15) is 5.69 Å². The highest BCUT2D eigenvalue weighted by molar-refractivity contribution is 5.36. The lowest BCUT2D eigenvalue weighted by atomic mass is 10.0. The van der Waals surface area contributed by atoms with Crippen LogP contribution in [-0.2, 0) is 6.54 Å². The Labute approximate surface area is 98.5 Å². The van der Waals surface area contributed by atoms with Crippen molar-refractivity contribution in [3.05, 3.63) is 11.4 Å². The molecule has 92 valence electrons. The molecule has 1 heterocycles. The Morgan fingerprint density at radius 2 is 1.62 bits per heavy atom. The van der Waals surface area contributed by atoms with Gasteiger partial charge < -0.3 is 5.11 Å². The van der Waals surface area contributed by atoms with Gasteiger partial charge >= 0.3 is 0 Å². The fourth-order valence-corrected chi connectivity index (χ4v) is 1.93. The maximum atomic E-state index is 10.2. The van der Waals surface area contributed by atoms with Gasteiger partial charge in [-0.2, -0.15) is 5.10 Å². The Kier molecular flexibility index (Phi) is 4.00. The summed E-state index contributed by atoms with van der Waals surface area (Å²) >= 11 is 0. The second kappa shape index (κ2) is 4.89. The van der Waals surface area contributed by atoms with Gasteiger partial charge in [0.15, 0.2) is 5.75 Å². The molecule has 0 radical (unpaired) electrons. The lowest BCUT2D eigenvalue weighted by Gasteiger charge is -2.12. The second-order valence-electron chi connectivity index (χ2n) is 5.50. The zero-order valence-electron chi connectivity index (χ0n) is 11.3. The molecule has 16 heavy (non-hydrogen) atoms. The molecule has 0 saturated heterocycles. The summed E-state index contributed by atoms with van der Waals surface area (Å²) in [6.07, 6.45) is 0. The number of nitrogens with zero attached hydrogens (tertiary/aromatic N) is 2. The van der Waals surface area contributed by atoms with Crippen molar-refractivity contribution in [1.82, 2.24) is 9.78 Å². The van der Waals surface area contributed by atoms with Crippen molar-refractivity contribution in [3.63, 3.8) is 0 Å². The Morgan fingerprint density at radius 1 is 1.06 bits per heavy atom. The molecule has 0 amide bonds. The quantitative estimate of drug-likeness (QED) is 0.850. The van der Waals surface area contributed by atoms with Crippen molar-refractivity contribution in [3.8, 4) is 5.75 Å². The number of aromatic nitrogens is 2. The minimum atomic E-state index is 0.269. The van der Waals surface area contributed by atoms with Gasteiger partial charge in [0.25, 0.3) is 0 Å². The van der Waals surface area contributed by atoms with E-state index in [9.17, 15) is 5.11 Å². The third kappa shape index (κ3) is 2.57. The third-order valence-corrected chi connectivity index (χ3v) is 2.62. The lowest BCUT2D eigenvalue weighted by Crippen LogP contribution is -2.11. The summed E-state index contributed by atoms with van der Waals surface area (Å²) in [4.78, 5) is 0. The first-order valence-electron chi connectivity index (χ1n) is 6.14. The molecule has 1 N–H and O–H groups in total. The number of hydrogen-bond acceptors (Lipinski definition) is 2. The van der Waals surface area contributed by atoms with Crippen LogP contribution in [-0.4, -0.2) is 14.9 Å². The summed E-state index contributed by atoms with van der Waals surface area (Å²) in [5.74, 6) is 1.51. The number of rotatable bonds is 4. The van der Waals surface area contributed by atoms with E-state index in [1.807, 2.05) is 4.68 Å². The van der Waals surface area contributed by atoms with Crippen LogP contribution >= 0.6 is 0 Å². The highest BCUT2D eigenvalue weighted by Crippen LogP contribution is 2.33. The molecule has 0 atom stereocenters. The molecule has 3 heteroatoms. The molecule has 0 aromatic carbocycles. The van der Waals surface area contributed by atoms with Crippen LogP contribution in [0, 0.1) is 5.92 Å². The summed E-state index contributed by atoms with van der Waals surface area (Å²) in [6, 6.07) is 0. The molecule has 0 aliphatic heterocycles. The van der Waals surface area contributed by atoms with E-state index in [0.717, 1.165) is 17.9 Å². The molecule has 0 spiro atoms. The third-order valence-electron chi connectivity index (χ3n) is 2.62. The molecule has 1 aromatic heterocycles. The Morgan fingerprint density at radius 3 is 2.00 bits per heavy atom. The molecule has 0 unspecified atom stereocenters. The topological polar surface area (TPSA) is 38.0 Å². The van der Waals surface area contributed by atoms with Crippen LogP contribution in [0.1, 0.15) is 64.8 Å². The van der Waals surface area contributed by atoms with Crippen LogP contribution in [0.5, 0.6) is 5.75 Å². The predicted octanol–water partition coefficient (Wildman–Crippen LogP) is 3.49. The Balaban J connectivity index is 3.20. The summed E-state index contributed by atoms with van der Waals surface area (Å²) in [5.41, 5.74) is 1.79. The number of hydrogen-bond donors (Lipinski definition) is 1. The van der Waals surface area contributed by atoms with E-state index in [-0.39, 0.29) is 5.92 Å². The van der Waals surface area contributed by atoms with Crippen molar-refractivity contribution < 1.29 is 5.11 Å². The van der Waals surface area contributed by atoms with E-state index in [4.69, 9.17) is 0 Å². The van der Waals surface area contributed by atoms with E-state index in [2.05, 4.69) is 46.6 Å². The molecule has 0 aliphatic carbocycles. The van der Waals surface area contributed by atoms with Crippen LogP contribution in [0.2, 0.25) is 0 Å². The van der Waals surface area contributed by atoms with Crippen LogP contribution in [0.3, 0.4) is 0 Å². The van der Waals surface area contributed by atoms with E-state index in [1.54, 1.807) is 0 Å². The van der Waals surface area contributed by atoms with E-state index in [1.165, 1.54) is 0 Å². The molecule has 3 nitrogen and oxygen atoms in total. The van der Waals surface area contributed by atoms with Gasteiger partial charge in [0.05, 0.1) is 5.69 Å². The Bertz CT molecular complexity index is 351. The minimum Gasteiger partial charge on any atom is -0.504 e. The van der Waals surface area contributed by atoms with Crippen molar-refractivity contribution in [2.24, 2.45) is 5.92 Å². The smallest absolute Gasteiger partial charge is 0.160 e. The van der Waals surface area contributed by atoms with Crippen LogP contribution < -0.4 is 0 Å². The molecule has 1 aromatic rings. The van der Waals surface area contributed by atoms with E-state index < -0.39 is 0 Å². The van der Waals surface area contributed by atoms with Gasteiger partial charge in [-0.25, -0.2) is 0 Å². The van der Waals surface area contributed by atoms with Gasteiger partial charge in [-0.1, -0.05) is 41.5 Å². The fourth-order valence-electron chi connectivity index (χ4n) is 1.93. The monoisotopic (exact) mass is 224 g/mol. The fraction of sp³-hybridized carbons (Fsp3) is 0.769. The first-order valence-corrected chi connectivity index (χ1v) is 6.14. The molecule has 0 aliphatic rings. The van der Waals surface area contributed by atoms with Gasteiger partial charge in [-0.15, -0.1) is 0 Å². The first-order chi connectivity index (χ1) is 7.34. The van der Waals surface area contributed by atoms with Crippen molar-refractivity contribution in [1.29, 1.82) is 0 Å². The maximum absolute atomic E-state index is 10.2.